The standard InChI is InChI=1S/C9H15NO5/c1-4-14-8(12)7(10-6(3)11)9(13)15-5-2/h12H,4-5H2,1-3H3,(H,10,11)/b8-7-. The molecule has 0 rings (SSSR count). The van der Waals surface area contributed by atoms with Gasteiger partial charge in [0.15, 0.2) is 0 Å². The number of carbonyl (C=O) groups is 2. The molecule has 1 amide bonds. The maximum absolute atomic E-state index is 11.3. The van der Waals surface area contributed by atoms with Crippen LogP contribution in [-0.2, 0) is 19.1 Å². The first-order valence-electron chi connectivity index (χ1n) is 4.53. The predicted octanol–water partition coefficient (Wildman–Crippen LogP) is 0.449. The summed E-state index contributed by atoms with van der Waals surface area (Å²) in [7, 11) is 0. The molecule has 2 N–H and O–H groups in total. The van der Waals surface area contributed by atoms with Gasteiger partial charge in [-0.05, 0) is 13.8 Å². The molecule has 0 heterocycles. The molecule has 0 saturated heterocycles. The topological polar surface area (TPSA) is 84.9 Å². The molecule has 0 aliphatic rings. The van der Waals surface area contributed by atoms with E-state index in [0.29, 0.717) is 0 Å². The first-order valence-corrected chi connectivity index (χ1v) is 4.53. The highest BCUT2D eigenvalue weighted by Crippen LogP contribution is 2.02. The number of nitrogens with one attached hydrogen (secondary N) is 1. The zero-order valence-corrected chi connectivity index (χ0v) is 8.99. The Morgan fingerprint density at radius 3 is 2.13 bits per heavy atom. The van der Waals surface area contributed by atoms with Crippen molar-refractivity contribution in [1.29, 1.82) is 0 Å². The summed E-state index contributed by atoms with van der Waals surface area (Å²) in [5.74, 6) is -1.98. The second-order valence-corrected chi connectivity index (χ2v) is 2.51. The molecule has 15 heavy (non-hydrogen) atoms. The third-order valence-corrected chi connectivity index (χ3v) is 1.28. The fraction of sp³-hybridized carbons (Fsp3) is 0.556. The maximum Gasteiger partial charge on any atom is 0.362 e. The van der Waals surface area contributed by atoms with Gasteiger partial charge in [-0.3, -0.25) is 4.79 Å². The summed E-state index contributed by atoms with van der Waals surface area (Å²) in [4.78, 5) is 22.0. The Kier molecular flexibility index (Phi) is 5.92. The van der Waals surface area contributed by atoms with Crippen molar-refractivity contribution in [1.82, 2.24) is 5.32 Å². The van der Waals surface area contributed by atoms with Crippen LogP contribution >= 0.6 is 0 Å². The Bertz CT molecular complexity index is 272. The molecule has 86 valence electrons. The average molecular weight is 217 g/mol. The van der Waals surface area contributed by atoms with Crippen molar-refractivity contribution in [3.63, 3.8) is 0 Å². The number of ether oxygens (including phenoxy) is 2. The fourth-order valence-corrected chi connectivity index (χ4v) is 0.780. The third kappa shape index (κ3) is 4.90. The Morgan fingerprint density at radius 2 is 1.73 bits per heavy atom. The number of amides is 1. The van der Waals surface area contributed by atoms with E-state index in [4.69, 9.17) is 4.74 Å². The minimum Gasteiger partial charge on any atom is -0.479 e. The van der Waals surface area contributed by atoms with Crippen LogP contribution in [0.15, 0.2) is 11.6 Å². The van der Waals surface area contributed by atoms with Crippen molar-refractivity contribution in [3.05, 3.63) is 11.6 Å². The quantitative estimate of drug-likeness (QED) is 0.396. The van der Waals surface area contributed by atoms with Crippen LogP contribution in [0.25, 0.3) is 0 Å². The van der Waals surface area contributed by atoms with Crippen molar-refractivity contribution in [2.24, 2.45) is 0 Å². The number of aliphatic hydroxyl groups is 1. The highest BCUT2D eigenvalue weighted by Gasteiger charge is 2.19. The van der Waals surface area contributed by atoms with Crippen LogP contribution in [0.4, 0.5) is 0 Å². The van der Waals surface area contributed by atoms with Gasteiger partial charge in [-0.1, -0.05) is 0 Å². The molecule has 6 heteroatoms. The van der Waals surface area contributed by atoms with Gasteiger partial charge < -0.3 is 19.9 Å². The minimum atomic E-state index is -0.835. The van der Waals surface area contributed by atoms with E-state index in [2.05, 4.69) is 10.1 Å². The molecular weight excluding hydrogens is 202 g/mol. The molecule has 0 aliphatic heterocycles. The van der Waals surface area contributed by atoms with Crippen LogP contribution < -0.4 is 5.32 Å². The van der Waals surface area contributed by atoms with Crippen LogP contribution in [0.3, 0.4) is 0 Å². The Balaban J connectivity index is 4.78. The Labute approximate surface area is 87.9 Å². The monoisotopic (exact) mass is 217 g/mol. The van der Waals surface area contributed by atoms with Crippen molar-refractivity contribution in [2.45, 2.75) is 20.8 Å². The molecule has 0 bridgehead atoms. The fourth-order valence-electron chi connectivity index (χ4n) is 0.780. The lowest BCUT2D eigenvalue weighted by atomic mass is 10.4. The van der Waals surface area contributed by atoms with Gasteiger partial charge in [0.2, 0.25) is 11.6 Å². The van der Waals surface area contributed by atoms with E-state index in [0.717, 1.165) is 0 Å². The summed E-state index contributed by atoms with van der Waals surface area (Å²) in [6.07, 6.45) is 0. The van der Waals surface area contributed by atoms with Gasteiger partial charge in [-0.15, -0.1) is 0 Å². The minimum absolute atomic E-state index is 0.140. The lowest BCUT2D eigenvalue weighted by Crippen LogP contribution is -2.28. The van der Waals surface area contributed by atoms with E-state index in [1.165, 1.54) is 6.92 Å². The molecule has 0 saturated carbocycles. The Morgan fingerprint density at radius 1 is 1.20 bits per heavy atom. The molecule has 0 radical (unpaired) electrons. The van der Waals surface area contributed by atoms with Crippen molar-refractivity contribution >= 4 is 11.9 Å². The summed E-state index contributed by atoms with van der Waals surface area (Å²) < 4.78 is 9.31. The highest BCUT2D eigenvalue weighted by molar-refractivity contribution is 5.93. The molecular formula is C9H15NO5. The third-order valence-electron chi connectivity index (χ3n) is 1.28. The summed E-state index contributed by atoms with van der Waals surface area (Å²) >= 11 is 0. The second-order valence-electron chi connectivity index (χ2n) is 2.51. The van der Waals surface area contributed by atoms with Gasteiger partial charge in [0.05, 0.1) is 13.2 Å². The molecule has 0 aromatic carbocycles. The second kappa shape index (κ2) is 6.69. The largest absolute Gasteiger partial charge is 0.479 e. The Hall–Kier alpha value is -1.72. The average Bonchev–Trinajstić information content (AvgIpc) is 2.14. The summed E-state index contributed by atoms with van der Waals surface area (Å²) in [5, 5.41) is 11.4. The first-order chi connectivity index (χ1) is 7.02. The van der Waals surface area contributed by atoms with Crippen LogP contribution in [0.2, 0.25) is 0 Å². The van der Waals surface area contributed by atoms with E-state index in [9.17, 15) is 14.7 Å². The van der Waals surface area contributed by atoms with E-state index < -0.39 is 17.8 Å². The normalized spacial score (nSPS) is 11.4. The molecule has 0 atom stereocenters. The van der Waals surface area contributed by atoms with Crippen LogP contribution in [0, 0.1) is 0 Å². The number of esters is 1. The molecule has 0 unspecified atom stereocenters. The summed E-state index contributed by atoms with van der Waals surface area (Å²) in [6.45, 7) is 4.77. The van der Waals surface area contributed by atoms with Crippen molar-refractivity contribution in [3.8, 4) is 0 Å². The van der Waals surface area contributed by atoms with Gasteiger partial charge in [-0.2, -0.15) is 0 Å². The molecule has 0 aliphatic carbocycles. The van der Waals surface area contributed by atoms with E-state index in [-0.39, 0.29) is 18.9 Å². The van der Waals surface area contributed by atoms with Crippen molar-refractivity contribution < 1.29 is 24.2 Å². The first kappa shape index (κ1) is 13.3. The predicted molar refractivity (Wildman–Crippen MR) is 51.7 cm³/mol. The molecule has 0 fully saturated rings. The van der Waals surface area contributed by atoms with E-state index in [1.807, 2.05) is 0 Å². The van der Waals surface area contributed by atoms with Gasteiger partial charge in [0.1, 0.15) is 0 Å². The zero-order chi connectivity index (χ0) is 11.8. The SMILES string of the molecule is CCOC(=O)/C(NC(C)=O)=C(\O)OCC. The van der Waals surface area contributed by atoms with Gasteiger partial charge in [0.25, 0.3) is 0 Å². The number of carbonyl (C=O) groups excluding carboxylic acids is 2. The smallest absolute Gasteiger partial charge is 0.362 e. The number of rotatable bonds is 5. The van der Waals surface area contributed by atoms with Gasteiger partial charge in [-0.25, -0.2) is 4.79 Å². The number of hydrogen-bond donors (Lipinski definition) is 2. The van der Waals surface area contributed by atoms with Crippen LogP contribution in [0.1, 0.15) is 20.8 Å². The van der Waals surface area contributed by atoms with Crippen molar-refractivity contribution in [2.75, 3.05) is 13.2 Å². The summed E-state index contributed by atoms with van der Waals surface area (Å²) in [6, 6.07) is 0. The zero-order valence-electron chi connectivity index (χ0n) is 8.99. The number of aliphatic hydroxyl groups excluding tert-OH is 1. The highest BCUT2D eigenvalue weighted by atomic mass is 16.6. The maximum atomic E-state index is 11.3. The molecule has 0 aromatic rings. The summed E-state index contributed by atoms with van der Waals surface area (Å²) in [5.41, 5.74) is -0.383. The molecule has 0 spiro atoms. The van der Waals surface area contributed by atoms with Gasteiger partial charge in [0, 0.05) is 6.92 Å². The van der Waals surface area contributed by atoms with Gasteiger partial charge >= 0.3 is 11.9 Å². The van der Waals surface area contributed by atoms with E-state index in [1.54, 1.807) is 13.8 Å². The lowest BCUT2D eigenvalue weighted by molar-refractivity contribution is -0.140. The number of hydrogen-bond acceptors (Lipinski definition) is 5. The molecule has 0 aromatic heterocycles. The molecule has 6 nitrogen and oxygen atoms in total. The van der Waals surface area contributed by atoms with Crippen LogP contribution in [-0.4, -0.2) is 30.2 Å². The lowest BCUT2D eigenvalue weighted by Gasteiger charge is -2.09. The van der Waals surface area contributed by atoms with Crippen LogP contribution in [0.5, 0.6) is 0 Å². The van der Waals surface area contributed by atoms with E-state index >= 15 is 0 Å².